The summed E-state index contributed by atoms with van der Waals surface area (Å²) >= 11 is 0. The number of hydrogen-bond acceptors (Lipinski definition) is 13. The van der Waals surface area contributed by atoms with Gasteiger partial charge in [0.15, 0.2) is 0 Å². The van der Waals surface area contributed by atoms with Crippen molar-refractivity contribution in [1.29, 1.82) is 0 Å². The van der Waals surface area contributed by atoms with Gasteiger partial charge in [0.1, 0.15) is 36.8 Å². The molecule has 0 fully saturated rings. The molecule has 1 heterocycles. The number of urea groups is 2. The number of carboxylic acids is 6. The number of carbonyl (C=O) groups is 11. The Bertz CT molecular complexity index is 1780. The van der Waals surface area contributed by atoms with E-state index in [1.54, 1.807) is 0 Å². The molecule has 0 aliphatic carbocycles. The number of amides is 7. The van der Waals surface area contributed by atoms with Crippen LogP contribution in [0.25, 0.3) is 0 Å². The number of nitrogens with one attached hydrogen (secondary N) is 7. The first-order chi connectivity index (χ1) is 30.2. The summed E-state index contributed by atoms with van der Waals surface area (Å²) in [5.41, 5.74) is 0.427. The Kier molecular flexibility index (Phi) is 25.7. The van der Waals surface area contributed by atoms with E-state index in [1.807, 2.05) is 10.6 Å². The van der Waals surface area contributed by atoms with Gasteiger partial charge < -0.3 is 67.9 Å². The lowest BCUT2D eigenvalue weighted by Gasteiger charge is -2.19. The summed E-state index contributed by atoms with van der Waals surface area (Å²) in [6.07, 6.45) is -0.265. The van der Waals surface area contributed by atoms with E-state index >= 15 is 0 Å². The molecule has 0 aromatic carbocycles. The van der Waals surface area contributed by atoms with Gasteiger partial charge in [0.2, 0.25) is 17.7 Å². The number of nitrogens with zero attached hydrogens (tertiary/aromatic N) is 3. The summed E-state index contributed by atoms with van der Waals surface area (Å²) < 4.78 is 13.7. The van der Waals surface area contributed by atoms with E-state index in [9.17, 15) is 77.6 Å². The lowest BCUT2D eigenvalue weighted by molar-refractivity contribution is -0.142. The first kappa shape index (κ1) is 54.9. The lowest BCUT2D eigenvalue weighted by atomic mass is 10.1. The predicted octanol–water partition coefficient (Wildman–Crippen LogP) is -1.84. The molecule has 1 aromatic rings. The highest BCUT2D eigenvalue weighted by atomic mass is 19.1. The number of alkyl halides is 1. The number of aromatic nitrogens is 3. The number of unbranched alkanes of at least 4 members (excludes halogenated alkanes) is 2. The molecule has 7 amide bonds. The average molecular weight is 919 g/mol. The summed E-state index contributed by atoms with van der Waals surface area (Å²) in [6.45, 7) is -0.987. The van der Waals surface area contributed by atoms with Crippen LogP contribution in [0.4, 0.5) is 14.0 Å². The number of aryl methyl sites for hydroxylation is 1. The highest BCUT2D eigenvalue weighted by Gasteiger charge is 2.27. The summed E-state index contributed by atoms with van der Waals surface area (Å²) in [5, 5.41) is 78.6. The lowest BCUT2D eigenvalue weighted by Crippen LogP contribution is -2.51. The second-order valence-corrected chi connectivity index (χ2v) is 14.2. The first-order valence-electron chi connectivity index (χ1n) is 20.0. The summed E-state index contributed by atoms with van der Waals surface area (Å²) in [6, 6.07) is -9.69. The van der Waals surface area contributed by atoms with Gasteiger partial charge in [-0.1, -0.05) is 5.21 Å². The van der Waals surface area contributed by atoms with Gasteiger partial charge in [-0.15, -0.1) is 5.10 Å². The number of carboxylic acid groups (broad SMARTS) is 6. The van der Waals surface area contributed by atoms with E-state index in [-0.39, 0.29) is 83.8 Å². The fraction of sp³-hybridized carbons (Fsp3) is 0.639. The van der Waals surface area contributed by atoms with Crippen molar-refractivity contribution < 1.29 is 87.8 Å². The average Bonchev–Trinajstić information content (AvgIpc) is 3.66. The van der Waals surface area contributed by atoms with Crippen molar-refractivity contribution in [3.8, 4) is 0 Å². The molecular weight excluding hydrogens is 863 g/mol. The van der Waals surface area contributed by atoms with Crippen LogP contribution >= 0.6 is 0 Å². The molecule has 28 heteroatoms. The number of carbonyl (C=O) groups excluding carboxylic acids is 5. The van der Waals surface area contributed by atoms with Crippen molar-refractivity contribution in [1.82, 2.24) is 52.2 Å². The number of hydrogen-bond donors (Lipinski definition) is 13. The SMILES string of the molecule is O=C(O)CCC(NC(=O)NC(CCCCNC(=O)CCC(NC(=O)Cn1cc(CCCF)nn1)C(=O)NCCCCC(NC(=O)NC(CCC(=O)O)C(=O)O)C(=O)O)C(=O)O)C(=O)O. The second-order valence-electron chi connectivity index (χ2n) is 14.2. The van der Waals surface area contributed by atoms with Crippen LogP contribution in [0.15, 0.2) is 6.20 Å². The molecule has 5 atom stereocenters. The van der Waals surface area contributed by atoms with Crippen LogP contribution in [-0.4, -0.2) is 161 Å². The molecule has 358 valence electrons. The zero-order valence-electron chi connectivity index (χ0n) is 34.6. The number of rotatable bonds is 34. The van der Waals surface area contributed by atoms with Crippen molar-refractivity contribution in [2.45, 2.75) is 127 Å². The van der Waals surface area contributed by atoms with Crippen molar-refractivity contribution in [2.24, 2.45) is 0 Å². The predicted molar refractivity (Wildman–Crippen MR) is 212 cm³/mol. The van der Waals surface area contributed by atoms with E-state index in [0.29, 0.717) is 5.69 Å². The molecule has 0 radical (unpaired) electrons. The Morgan fingerprint density at radius 3 is 1.41 bits per heavy atom. The highest BCUT2D eigenvalue weighted by molar-refractivity contribution is 5.89. The van der Waals surface area contributed by atoms with Gasteiger partial charge in [-0.05, 0) is 70.6 Å². The second kappa shape index (κ2) is 30.0. The minimum atomic E-state index is -1.60. The van der Waals surface area contributed by atoms with Crippen LogP contribution in [0.5, 0.6) is 0 Å². The zero-order chi connectivity index (χ0) is 48.2. The maximum atomic E-state index is 13.2. The van der Waals surface area contributed by atoms with Crippen molar-refractivity contribution >= 4 is 65.6 Å². The standard InChI is InChI=1S/C36H55FN10O17/c37-15-5-6-20-18-47(46-45-20)19-27(49)40-21(30(54)39-17-4-2-8-23(32(57)58)42-36(64)44-25(34(61)62)11-14-29(52)53)9-12-26(48)38-16-3-1-7-22(31(55)56)41-35(63)43-24(33(59)60)10-13-28(50)51/h18,21-25H,1-17,19H2,(H,38,48)(H,39,54)(H,40,49)(H,50,51)(H,52,53)(H,55,56)(H,57,58)(H,59,60)(H,61,62)(H2,41,43,63)(H2,42,44,64). The van der Waals surface area contributed by atoms with E-state index in [2.05, 4.69) is 36.9 Å². The summed E-state index contributed by atoms with van der Waals surface area (Å²) in [5.74, 6) is -10.5. The first-order valence-corrected chi connectivity index (χ1v) is 20.0. The smallest absolute Gasteiger partial charge is 0.326 e. The Labute approximate surface area is 363 Å². The molecule has 0 aliphatic heterocycles. The van der Waals surface area contributed by atoms with E-state index in [4.69, 9.17) is 10.2 Å². The van der Waals surface area contributed by atoms with Crippen molar-refractivity contribution in [3.63, 3.8) is 0 Å². The molecule has 0 saturated carbocycles. The Balaban J connectivity index is 2.76. The maximum absolute atomic E-state index is 13.2. The van der Waals surface area contributed by atoms with Gasteiger partial charge in [0.05, 0.1) is 12.4 Å². The molecule has 0 spiro atoms. The van der Waals surface area contributed by atoms with Crippen LogP contribution in [0, 0.1) is 0 Å². The van der Waals surface area contributed by atoms with Gasteiger partial charge in [-0.25, -0.2) is 33.4 Å². The molecule has 5 unspecified atom stereocenters. The third-order valence-corrected chi connectivity index (χ3v) is 8.94. The molecule has 0 saturated heterocycles. The zero-order valence-corrected chi connectivity index (χ0v) is 34.6. The molecule has 1 aromatic heterocycles. The van der Waals surface area contributed by atoms with Gasteiger partial charge >= 0.3 is 47.9 Å². The third kappa shape index (κ3) is 24.3. The van der Waals surface area contributed by atoms with Gasteiger partial charge in [0.25, 0.3) is 0 Å². The van der Waals surface area contributed by atoms with E-state index in [1.165, 1.54) is 10.9 Å². The van der Waals surface area contributed by atoms with Crippen LogP contribution in [0.1, 0.15) is 89.2 Å². The minimum absolute atomic E-state index is 0.0343. The van der Waals surface area contributed by atoms with Gasteiger partial charge in [0, 0.05) is 38.5 Å². The maximum Gasteiger partial charge on any atom is 0.326 e. The van der Waals surface area contributed by atoms with Crippen molar-refractivity contribution in [2.75, 3.05) is 19.8 Å². The molecule has 64 heavy (non-hydrogen) atoms. The normalized spacial score (nSPS) is 13.1. The monoisotopic (exact) mass is 918 g/mol. The Morgan fingerprint density at radius 1 is 0.531 bits per heavy atom. The van der Waals surface area contributed by atoms with Crippen LogP contribution in [0.2, 0.25) is 0 Å². The van der Waals surface area contributed by atoms with E-state index in [0.717, 1.165) is 0 Å². The molecule has 27 nitrogen and oxygen atoms in total. The fourth-order valence-electron chi connectivity index (χ4n) is 5.59. The van der Waals surface area contributed by atoms with Crippen LogP contribution < -0.4 is 37.2 Å². The topological polar surface area (TPSA) is 424 Å². The quantitative estimate of drug-likeness (QED) is 0.0338. The summed E-state index contributed by atoms with van der Waals surface area (Å²) in [4.78, 5) is 131. The molecule has 0 bridgehead atoms. The van der Waals surface area contributed by atoms with E-state index < -0.39 is 128 Å². The Morgan fingerprint density at radius 2 is 0.969 bits per heavy atom. The summed E-state index contributed by atoms with van der Waals surface area (Å²) in [7, 11) is 0. The van der Waals surface area contributed by atoms with Crippen molar-refractivity contribution in [3.05, 3.63) is 11.9 Å². The molecule has 0 aliphatic rings. The number of halogens is 1. The third-order valence-electron chi connectivity index (χ3n) is 8.94. The number of aliphatic carboxylic acids is 6. The Hall–Kier alpha value is -7.16. The molecular formula is C36H55FN10O17. The van der Waals surface area contributed by atoms with Gasteiger partial charge in [-0.2, -0.15) is 0 Å². The minimum Gasteiger partial charge on any atom is -0.481 e. The van der Waals surface area contributed by atoms with Gasteiger partial charge in [-0.3, -0.25) is 28.4 Å². The fourth-order valence-corrected chi connectivity index (χ4v) is 5.59. The van der Waals surface area contributed by atoms with Crippen LogP contribution in [0.3, 0.4) is 0 Å². The largest absolute Gasteiger partial charge is 0.481 e. The highest BCUT2D eigenvalue weighted by Crippen LogP contribution is 2.07. The molecule has 13 N–H and O–H groups in total. The molecule has 1 rings (SSSR count). The van der Waals surface area contributed by atoms with Crippen LogP contribution in [-0.2, 0) is 56.1 Å².